The third kappa shape index (κ3) is 12.8. The van der Waals surface area contributed by atoms with Crippen molar-refractivity contribution in [3.05, 3.63) is 42.2 Å². The van der Waals surface area contributed by atoms with Gasteiger partial charge in [-0.05, 0) is 49.1 Å². The van der Waals surface area contributed by atoms with Crippen molar-refractivity contribution in [2.45, 2.75) is 129 Å². The van der Waals surface area contributed by atoms with Crippen LogP contribution in [0.1, 0.15) is 116 Å². The highest BCUT2D eigenvalue weighted by Crippen LogP contribution is 2.21. The molecule has 0 aliphatic heterocycles. The van der Waals surface area contributed by atoms with Crippen molar-refractivity contribution < 1.29 is 13.5 Å². The Kier molecular flexibility index (Phi) is 16.0. The molecule has 0 fully saturated rings. The van der Waals surface area contributed by atoms with Gasteiger partial charge in [0.2, 0.25) is 0 Å². The Morgan fingerprint density at radius 3 is 1.81 bits per heavy atom. The number of unbranched alkanes of at least 4 members (excludes halogenated alkanes) is 11. The van der Waals surface area contributed by atoms with Crippen LogP contribution in [0, 0.1) is 0 Å². The first-order valence-corrected chi connectivity index (χ1v) is 14.5. The van der Waals surface area contributed by atoms with Crippen LogP contribution in [-0.2, 0) is 6.42 Å². The van der Waals surface area contributed by atoms with Crippen LogP contribution in [0.2, 0.25) is 0 Å². The highest BCUT2D eigenvalue weighted by atomic mass is 19.2. The monoisotopic (exact) mass is 502 g/mol. The standard InChI is InChI=1S/C31H48F2N2O/c1-3-5-7-8-9-10-11-12-13-15-16-26-24-34-31(35-25-26)27-18-20-28(21-19-27)36-23-22-30(33)29(32)17-14-6-4-2/h18-21,24-25,29-30H,3-17,22-23H2,1-2H3. The molecule has 202 valence electrons. The molecule has 2 rings (SSSR count). The number of hydrogen-bond acceptors (Lipinski definition) is 3. The van der Waals surface area contributed by atoms with Crippen LogP contribution >= 0.6 is 0 Å². The van der Waals surface area contributed by atoms with Gasteiger partial charge in [-0.1, -0.05) is 90.9 Å². The average Bonchev–Trinajstić information content (AvgIpc) is 2.90. The minimum Gasteiger partial charge on any atom is -0.493 e. The molecule has 1 aromatic heterocycles. The SMILES string of the molecule is CCCCCCCCCCCCc1cnc(-c2ccc(OCCC(F)C(F)CCCCC)cc2)nc1. The fraction of sp³-hybridized carbons (Fsp3) is 0.677. The largest absolute Gasteiger partial charge is 0.493 e. The van der Waals surface area contributed by atoms with Crippen molar-refractivity contribution in [3.8, 4) is 17.1 Å². The average molecular weight is 503 g/mol. The van der Waals surface area contributed by atoms with Crippen LogP contribution in [0.5, 0.6) is 5.75 Å². The lowest BCUT2D eigenvalue weighted by atomic mass is 10.0. The molecule has 2 unspecified atom stereocenters. The van der Waals surface area contributed by atoms with Crippen LogP contribution in [0.25, 0.3) is 11.4 Å². The maximum absolute atomic E-state index is 14.0. The lowest BCUT2D eigenvalue weighted by Gasteiger charge is -2.14. The van der Waals surface area contributed by atoms with Gasteiger partial charge in [-0.2, -0.15) is 0 Å². The van der Waals surface area contributed by atoms with Gasteiger partial charge in [-0.25, -0.2) is 18.7 Å². The van der Waals surface area contributed by atoms with Crippen LogP contribution in [-0.4, -0.2) is 28.9 Å². The van der Waals surface area contributed by atoms with E-state index >= 15 is 0 Å². The molecular weight excluding hydrogens is 454 g/mol. The number of hydrogen-bond donors (Lipinski definition) is 0. The first-order valence-electron chi connectivity index (χ1n) is 14.5. The van der Waals surface area contributed by atoms with E-state index in [0.29, 0.717) is 18.0 Å². The van der Waals surface area contributed by atoms with Gasteiger partial charge in [-0.3, -0.25) is 0 Å². The third-order valence-corrected chi connectivity index (χ3v) is 6.78. The molecule has 0 saturated heterocycles. The Hall–Kier alpha value is -2.04. The summed E-state index contributed by atoms with van der Waals surface area (Å²) in [5, 5.41) is 0. The number of alkyl halides is 2. The van der Waals surface area contributed by atoms with E-state index < -0.39 is 12.3 Å². The summed E-state index contributed by atoms with van der Waals surface area (Å²) in [6.45, 7) is 4.49. The van der Waals surface area contributed by atoms with Crippen molar-refractivity contribution in [2.24, 2.45) is 0 Å². The van der Waals surface area contributed by atoms with Gasteiger partial charge in [0, 0.05) is 24.4 Å². The van der Waals surface area contributed by atoms with E-state index in [1.165, 1.54) is 69.8 Å². The second-order valence-corrected chi connectivity index (χ2v) is 10.0. The predicted molar refractivity (Wildman–Crippen MR) is 147 cm³/mol. The molecule has 5 heteroatoms. The molecule has 1 aromatic carbocycles. The van der Waals surface area contributed by atoms with Gasteiger partial charge in [0.1, 0.15) is 18.1 Å². The Morgan fingerprint density at radius 2 is 1.19 bits per heavy atom. The topological polar surface area (TPSA) is 35.0 Å². The zero-order valence-corrected chi connectivity index (χ0v) is 22.7. The van der Waals surface area contributed by atoms with E-state index in [0.717, 1.165) is 31.2 Å². The van der Waals surface area contributed by atoms with E-state index in [2.05, 4.69) is 23.8 Å². The fourth-order valence-corrected chi connectivity index (χ4v) is 4.39. The summed E-state index contributed by atoms with van der Waals surface area (Å²) in [4.78, 5) is 9.07. The maximum Gasteiger partial charge on any atom is 0.159 e. The molecule has 3 nitrogen and oxygen atoms in total. The third-order valence-electron chi connectivity index (χ3n) is 6.78. The Morgan fingerprint density at radius 1 is 0.667 bits per heavy atom. The van der Waals surface area contributed by atoms with Crippen LogP contribution < -0.4 is 4.74 Å². The van der Waals surface area contributed by atoms with E-state index in [1.807, 2.05) is 36.7 Å². The van der Waals surface area contributed by atoms with Gasteiger partial charge in [0.25, 0.3) is 0 Å². The van der Waals surface area contributed by atoms with Crippen molar-refractivity contribution in [3.63, 3.8) is 0 Å². The second kappa shape index (κ2) is 19.1. The number of benzene rings is 1. The fourth-order valence-electron chi connectivity index (χ4n) is 4.39. The number of aryl methyl sites for hydroxylation is 1. The molecule has 0 radical (unpaired) electrons. The molecule has 0 aliphatic rings. The number of ether oxygens (including phenoxy) is 1. The summed E-state index contributed by atoms with van der Waals surface area (Å²) in [6.07, 6.45) is 18.5. The first kappa shape index (κ1) is 30.2. The molecule has 2 aromatic rings. The van der Waals surface area contributed by atoms with Crippen LogP contribution in [0.15, 0.2) is 36.7 Å². The van der Waals surface area contributed by atoms with Crippen LogP contribution in [0.3, 0.4) is 0 Å². The zero-order chi connectivity index (χ0) is 25.8. The molecule has 2 atom stereocenters. The minimum atomic E-state index is -1.46. The highest BCUT2D eigenvalue weighted by Gasteiger charge is 2.19. The Balaban J connectivity index is 1.62. The molecular formula is C31H48F2N2O. The summed E-state index contributed by atoms with van der Waals surface area (Å²) in [5.41, 5.74) is 2.09. The van der Waals surface area contributed by atoms with Gasteiger partial charge in [-0.15, -0.1) is 0 Å². The Bertz CT molecular complexity index is 782. The van der Waals surface area contributed by atoms with Crippen LogP contribution in [0.4, 0.5) is 8.78 Å². The van der Waals surface area contributed by atoms with Crippen molar-refractivity contribution in [2.75, 3.05) is 6.61 Å². The lowest BCUT2D eigenvalue weighted by molar-refractivity contribution is 0.128. The zero-order valence-electron chi connectivity index (χ0n) is 22.7. The van der Waals surface area contributed by atoms with E-state index in [-0.39, 0.29) is 13.0 Å². The smallest absolute Gasteiger partial charge is 0.159 e. The predicted octanol–water partition coefficient (Wildman–Crippen LogP) is 9.63. The molecule has 1 heterocycles. The molecule has 0 N–H and O–H groups in total. The quantitative estimate of drug-likeness (QED) is 0.159. The van der Waals surface area contributed by atoms with Gasteiger partial charge >= 0.3 is 0 Å². The summed E-state index contributed by atoms with van der Waals surface area (Å²) < 4.78 is 33.4. The Labute approximate surface area is 218 Å². The van der Waals surface area contributed by atoms with E-state index in [9.17, 15) is 8.78 Å². The number of halogens is 2. The summed E-state index contributed by atoms with van der Waals surface area (Å²) in [7, 11) is 0. The molecule has 0 aliphatic carbocycles. The second-order valence-electron chi connectivity index (χ2n) is 10.0. The van der Waals surface area contributed by atoms with Gasteiger partial charge in [0.05, 0.1) is 6.61 Å². The number of rotatable bonds is 21. The highest BCUT2D eigenvalue weighted by molar-refractivity contribution is 5.55. The molecule has 0 bridgehead atoms. The molecule has 0 saturated carbocycles. The lowest BCUT2D eigenvalue weighted by Crippen LogP contribution is -2.20. The molecule has 0 amide bonds. The van der Waals surface area contributed by atoms with Crippen molar-refractivity contribution in [1.82, 2.24) is 9.97 Å². The van der Waals surface area contributed by atoms with Gasteiger partial charge < -0.3 is 4.74 Å². The summed E-state index contributed by atoms with van der Waals surface area (Å²) in [5.74, 6) is 1.33. The molecule has 0 spiro atoms. The minimum absolute atomic E-state index is 0.0681. The van der Waals surface area contributed by atoms with E-state index in [4.69, 9.17) is 4.74 Å². The van der Waals surface area contributed by atoms with E-state index in [1.54, 1.807) is 0 Å². The number of nitrogens with zero attached hydrogens (tertiary/aromatic N) is 2. The van der Waals surface area contributed by atoms with Gasteiger partial charge in [0.15, 0.2) is 5.82 Å². The maximum atomic E-state index is 14.0. The first-order chi connectivity index (χ1) is 17.6. The molecule has 36 heavy (non-hydrogen) atoms. The summed E-state index contributed by atoms with van der Waals surface area (Å²) >= 11 is 0. The van der Waals surface area contributed by atoms with Crippen molar-refractivity contribution >= 4 is 0 Å². The van der Waals surface area contributed by atoms with Crippen molar-refractivity contribution in [1.29, 1.82) is 0 Å². The number of aromatic nitrogens is 2. The summed E-state index contributed by atoms with van der Waals surface area (Å²) in [6, 6.07) is 7.47. The normalized spacial score (nSPS) is 13.0.